The Morgan fingerprint density at radius 1 is 0.377 bits per heavy atom. The third kappa shape index (κ3) is 4.93. The van der Waals surface area contributed by atoms with Crippen molar-refractivity contribution < 1.29 is 0 Å². The highest BCUT2D eigenvalue weighted by Gasteiger charge is 2.22. The van der Waals surface area contributed by atoms with Crippen molar-refractivity contribution in [3.63, 3.8) is 0 Å². The fourth-order valence-electron chi connectivity index (χ4n) is 10.5. The lowest BCUT2D eigenvalue weighted by Gasteiger charge is -2.19. The van der Waals surface area contributed by atoms with E-state index >= 15 is 0 Å². The Bertz CT molecular complexity index is 3730. The van der Waals surface area contributed by atoms with Gasteiger partial charge in [-0.25, -0.2) is 0 Å². The van der Waals surface area contributed by atoms with Gasteiger partial charge >= 0.3 is 0 Å². The number of aryl methyl sites for hydroxylation is 2. The molecule has 0 saturated carbocycles. The van der Waals surface area contributed by atoms with Gasteiger partial charge in [0.2, 0.25) is 0 Å². The maximum absolute atomic E-state index is 5.27. The van der Waals surface area contributed by atoms with Crippen molar-refractivity contribution in [2.45, 2.75) is 20.8 Å². The molecule has 0 radical (unpaired) electrons. The molecule has 3 nitrogen and oxygen atoms in total. The van der Waals surface area contributed by atoms with Crippen molar-refractivity contribution in [3.05, 3.63) is 187 Å². The summed E-state index contributed by atoms with van der Waals surface area (Å²) in [5, 5.41) is 10.5. The van der Waals surface area contributed by atoms with Crippen LogP contribution in [0.25, 0.3) is 118 Å². The average molecular weight is 816 g/mol. The molecule has 0 unspecified atom stereocenters. The van der Waals surface area contributed by atoms with E-state index in [0.717, 1.165) is 22.8 Å². The van der Waals surface area contributed by atoms with Crippen LogP contribution < -0.4 is 0 Å². The molecule has 0 fully saturated rings. The number of rotatable bonds is 4. The van der Waals surface area contributed by atoms with Crippen LogP contribution in [0.3, 0.4) is 0 Å². The summed E-state index contributed by atoms with van der Waals surface area (Å²) in [7, 11) is 0. The molecule has 0 aliphatic carbocycles. The van der Waals surface area contributed by atoms with Crippen molar-refractivity contribution in [3.8, 4) is 33.6 Å². The quantitative estimate of drug-likeness (QED) is 0.173. The molecule has 13 aromatic rings. The van der Waals surface area contributed by atoms with E-state index in [9.17, 15) is 0 Å². The SMILES string of the molecule is Cc1nc(C)c(-c2cccc(-n3c4ccccc4c4c5sc6ccccc6c5ccc43)c2)c(C)c1-c1cccc(-n2c3ccccc3c3c4sc5ccccc5c4ccc32)c1. The normalized spacial score (nSPS) is 12.2. The lowest BCUT2D eigenvalue weighted by atomic mass is 9.90. The van der Waals surface area contributed by atoms with Crippen molar-refractivity contribution in [1.29, 1.82) is 0 Å². The second-order valence-corrected chi connectivity index (χ2v) is 18.4. The van der Waals surface area contributed by atoms with Gasteiger partial charge in [-0.3, -0.25) is 4.98 Å². The third-order valence-electron chi connectivity index (χ3n) is 13.0. The van der Waals surface area contributed by atoms with Gasteiger partial charge in [-0.1, -0.05) is 109 Å². The Morgan fingerprint density at radius 2 is 0.803 bits per heavy atom. The largest absolute Gasteiger partial charge is 0.309 e. The second kappa shape index (κ2) is 13.0. The highest BCUT2D eigenvalue weighted by Crippen LogP contribution is 2.46. The van der Waals surface area contributed by atoms with Gasteiger partial charge in [0, 0.05) is 95.8 Å². The van der Waals surface area contributed by atoms with Crippen LogP contribution in [0.5, 0.6) is 0 Å². The van der Waals surface area contributed by atoms with Crippen LogP contribution in [-0.4, -0.2) is 14.1 Å². The van der Waals surface area contributed by atoms with E-state index in [0.29, 0.717) is 0 Å². The van der Waals surface area contributed by atoms with Crippen molar-refractivity contribution in [2.75, 3.05) is 0 Å². The number of hydrogen-bond acceptors (Lipinski definition) is 3. The summed E-state index contributed by atoms with van der Waals surface area (Å²) in [4.78, 5) is 5.27. The zero-order valence-electron chi connectivity index (χ0n) is 33.8. The maximum atomic E-state index is 5.27. The molecule has 0 aliphatic rings. The maximum Gasteiger partial charge on any atom is 0.0555 e. The topological polar surface area (TPSA) is 22.8 Å². The first kappa shape index (κ1) is 34.8. The first-order valence-corrected chi connectivity index (χ1v) is 22.5. The number of hydrogen-bond donors (Lipinski definition) is 0. The van der Waals surface area contributed by atoms with Gasteiger partial charge in [-0.05, 0) is 98.1 Å². The zero-order valence-corrected chi connectivity index (χ0v) is 35.5. The van der Waals surface area contributed by atoms with Crippen LogP contribution in [0.15, 0.2) is 170 Å². The molecule has 0 spiro atoms. The molecule has 0 N–H and O–H groups in total. The van der Waals surface area contributed by atoms with E-state index < -0.39 is 0 Å². The molecule has 13 rings (SSSR count). The Hall–Kier alpha value is -7.05. The Kier molecular flexibility index (Phi) is 7.40. The number of thiophene rings is 2. The molecule has 5 heterocycles. The lowest BCUT2D eigenvalue weighted by Crippen LogP contribution is -2.01. The fraction of sp³-hybridized carbons (Fsp3) is 0.0536. The Balaban J connectivity index is 0.975. The molecule has 0 bridgehead atoms. The van der Waals surface area contributed by atoms with Crippen molar-refractivity contribution >= 4 is 107 Å². The molecule has 5 aromatic heterocycles. The van der Waals surface area contributed by atoms with Gasteiger partial charge in [-0.15, -0.1) is 22.7 Å². The van der Waals surface area contributed by atoms with Crippen molar-refractivity contribution in [1.82, 2.24) is 14.1 Å². The molecular formula is C56H37N3S2. The first-order chi connectivity index (χ1) is 30.0. The Morgan fingerprint density at radius 3 is 1.28 bits per heavy atom. The predicted octanol–water partition coefficient (Wildman–Crippen LogP) is 16.3. The molecule has 0 amide bonds. The molecule has 8 aromatic carbocycles. The summed E-state index contributed by atoms with van der Waals surface area (Å²) >= 11 is 3.80. The molecule has 288 valence electrons. The number of nitrogens with zero attached hydrogens (tertiary/aromatic N) is 3. The van der Waals surface area contributed by atoms with Gasteiger partial charge in [0.25, 0.3) is 0 Å². The van der Waals surface area contributed by atoms with Crippen molar-refractivity contribution in [2.24, 2.45) is 0 Å². The monoisotopic (exact) mass is 815 g/mol. The molecule has 0 saturated heterocycles. The lowest BCUT2D eigenvalue weighted by molar-refractivity contribution is 1.11. The van der Waals surface area contributed by atoms with Crippen LogP contribution in [0.4, 0.5) is 0 Å². The highest BCUT2D eigenvalue weighted by atomic mass is 32.1. The minimum absolute atomic E-state index is 1.04. The number of aromatic nitrogens is 3. The highest BCUT2D eigenvalue weighted by molar-refractivity contribution is 7.27. The van der Waals surface area contributed by atoms with Gasteiger partial charge in [0.1, 0.15) is 0 Å². The summed E-state index contributed by atoms with van der Waals surface area (Å²) in [6, 6.07) is 62.7. The number of fused-ring (bicyclic) bond motifs is 14. The summed E-state index contributed by atoms with van der Waals surface area (Å²) < 4.78 is 10.2. The van der Waals surface area contributed by atoms with E-state index in [1.165, 1.54) is 112 Å². The van der Waals surface area contributed by atoms with E-state index in [4.69, 9.17) is 4.98 Å². The van der Waals surface area contributed by atoms with E-state index in [2.05, 4.69) is 200 Å². The predicted molar refractivity (Wildman–Crippen MR) is 264 cm³/mol. The summed E-state index contributed by atoms with van der Waals surface area (Å²) in [6.45, 7) is 6.60. The second-order valence-electron chi connectivity index (χ2n) is 16.3. The van der Waals surface area contributed by atoms with Gasteiger partial charge in [0.05, 0.1) is 22.1 Å². The summed E-state index contributed by atoms with van der Waals surface area (Å²) in [5.41, 5.74) is 15.2. The Labute approximate surface area is 360 Å². The van der Waals surface area contributed by atoms with Gasteiger partial charge in [0.15, 0.2) is 0 Å². The number of pyridine rings is 1. The van der Waals surface area contributed by atoms with Gasteiger partial charge in [-0.2, -0.15) is 0 Å². The summed E-state index contributed by atoms with van der Waals surface area (Å²) in [6.07, 6.45) is 0. The summed E-state index contributed by atoms with van der Waals surface area (Å²) in [5.74, 6) is 0. The number of benzene rings is 8. The van der Waals surface area contributed by atoms with E-state index in [1.54, 1.807) is 0 Å². The third-order valence-corrected chi connectivity index (χ3v) is 15.4. The fourth-order valence-corrected chi connectivity index (χ4v) is 13.0. The van der Waals surface area contributed by atoms with Crippen LogP contribution in [0.2, 0.25) is 0 Å². The minimum atomic E-state index is 1.04. The van der Waals surface area contributed by atoms with Gasteiger partial charge < -0.3 is 9.13 Å². The molecule has 61 heavy (non-hydrogen) atoms. The van der Waals surface area contributed by atoms with Crippen LogP contribution in [-0.2, 0) is 0 Å². The molecule has 0 aliphatic heterocycles. The van der Waals surface area contributed by atoms with Crippen LogP contribution >= 0.6 is 22.7 Å². The minimum Gasteiger partial charge on any atom is -0.309 e. The molecule has 5 heteroatoms. The zero-order chi connectivity index (χ0) is 40.5. The average Bonchev–Trinajstić information content (AvgIpc) is 4.04. The standard InChI is InChI=1S/C56H37N3S2/c1-32-51(35-14-12-16-37(30-35)58-45-22-8-4-20-43(45)53-47(58)28-26-41-39-18-6-10-24-49(39)60-55(41)53)33(2)57-34(3)52(32)36-15-13-17-38(31-36)59-46-23-9-5-21-44(46)54-48(59)29-27-42-40-19-7-11-25-50(40)61-56(42)54/h4-31H,1-3H3. The molecule has 0 atom stereocenters. The first-order valence-electron chi connectivity index (χ1n) is 20.9. The van der Waals surface area contributed by atoms with Crippen LogP contribution in [0.1, 0.15) is 17.0 Å². The van der Waals surface area contributed by atoms with Crippen LogP contribution in [0, 0.1) is 20.8 Å². The number of para-hydroxylation sites is 2. The van der Waals surface area contributed by atoms with E-state index in [-0.39, 0.29) is 0 Å². The van der Waals surface area contributed by atoms with E-state index in [1.807, 2.05) is 22.7 Å². The molecular weight excluding hydrogens is 779 g/mol. The smallest absolute Gasteiger partial charge is 0.0555 e.